The highest BCUT2D eigenvalue weighted by atomic mass is 32.2. The van der Waals surface area contributed by atoms with Crippen molar-refractivity contribution in [2.24, 2.45) is 5.92 Å². The van der Waals surface area contributed by atoms with Gasteiger partial charge in [0.15, 0.2) is 6.54 Å². The monoisotopic (exact) mass is 422 g/mol. The molecule has 2 atom stereocenters. The predicted molar refractivity (Wildman–Crippen MR) is 115 cm³/mol. The molecule has 1 aliphatic carbocycles. The van der Waals surface area contributed by atoms with E-state index in [-0.39, 0.29) is 5.91 Å². The summed E-state index contributed by atoms with van der Waals surface area (Å²) < 4.78 is 28.0. The fraction of sp³-hybridized carbons (Fsp3) is 0.682. The molecule has 7 heteroatoms. The minimum absolute atomic E-state index is 0.0975. The van der Waals surface area contributed by atoms with Crippen molar-refractivity contribution in [3.8, 4) is 0 Å². The Bertz CT molecular complexity index is 822. The van der Waals surface area contributed by atoms with E-state index in [9.17, 15) is 13.2 Å². The van der Waals surface area contributed by atoms with Crippen LogP contribution in [0.1, 0.15) is 49.3 Å². The topological polar surface area (TPSA) is 70.9 Å². The van der Waals surface area contributed by atoms with Gasteiger partial charge in [-0.05, 0) is 50.7 Å². The SMILES string of the molecule is Cc1cc(C)c(S(=O)(=O)N2CC[NH+](CC(=O)N[C@@H]3CCCC[C@H]3C)CC2)c(C)c1. The Morgan fingerprint density at radius 3 is 2.28 bits per heavy atom. The highest BCUT2D eigenvalue weighted by Gasteiger charge is 2.33. The molecule has 3 rings (SSSR count). The fourth-order valence-electron chi connectivity index (χ4n) is 4.94. The Hall–Kier alpha value is -1.44. The second kappa shape index (κ2) is 9.14. The van der Waals surface area contributed by atoms with Crippen LogP contribution in [0, 0.1) is 26.7 Å². The summed E-state index contributed by atoms with van der Waals surface area (Å²) in [6.45, 7) is 10.6. The Kier molecular flexibility index (Phi) is 7.02. The number of carbonyl (C=O) groups is 1. The lowest BCUT2D eigenvalue weighted by atomic mass is 9.86. The molecule has 2 N–H and O–H groups in total. The minimum Gasteiger partial charge on any atom is -0.348 e. The smallest absolute Gasteiger partial charge is 0.275 e. The van der Waals surface area contributed by atoms with Gasteiger partial charge in [0.2, 0.25) is 10.0 Å². The molecule has 1 aliphatic heterocycles. The Morgan fingerprint density at radius 2 is 1.69 bits per heavy atom. The van der Waals surface area contributed by atoms with Crippen LogP contribution in [0.5, 0.6) is 0 Å². The number of aryl methyl sites for hydroxylation is 3. The molecular formula is C22H36N3O3S+. The number of piperazine rings is 1. The summed E-state index contributed by atoms with van der Waals surface area (Å²) in [6, 6.07) is 4.15. The molecule has 0 aromatic heterocycles. The van der Waals surface area contributed by atoms with E-state index >= 15 is 0 Å². The van der Waals surface area contributed by atoms with E-state index in [1.807, 2.05) is 32.9 Å². The van der Waals surface area contributed by atoms with E-state index in [1.165, 1.54) is 19.3 Å². The van der Waals surface area contributed by atoms with Crippen molar-refractivity contribution < 1.29 is 18.1 Å². The molecule has 2 fully saturated rings. The van der Waals surface area contributed by atoms with Gasteiger partial charge in [-0.25, -0.2) is 8.42 Å². The second-order valence-corrected chi connectivity index (χ2v) is 10.9. The maximum Gasteiger partial charge on any atom is 0.275 e. The van der Waals surface area contributed by atoms with Crippen molar-refractivity contribution in [1.29, 1.82) is 0 Å². The largest absolute Gasteiger partial charge is 0.348 e. The van der Waals surface area contributed by atoms with Crippen LogP contribution < -0.4 is 10.2 Å². The van der Waals surface area contributed by atoms with Gasteiger partial charge in [-0.2, -0.15) is 4.31 Å². The molecule has 1 heterocycles. The number of sulfonamides is 1. The van der Waals surface area contributed by atoms with Crippen molar-refractivity contribution in [2.75, 3.05) is 32.7 Å². The van der Waals surface area contributed by atoms with Gasteiger partial charge in [0.25, 0.3) is 5.91 Å². The number of nitrogens with zero attached hydrogens (tertiary/aromatic N) is 1. The molecule has 1 saturated heterocycles. The van der Waals surface area contributed by atoms with E-state index in [4.69, 9.17) is 0 Å². The number of rotatable bonds is 5. The number of hydrogen-bond donors (Lipinski definition) is 2. The lowest BCUT2D eigenvalue weighted by molar-refractivity contribution is -0.895. The van der Waals surface area contributed by atoms with Gasteiger partial charge in [-0.3, -0.25) is 4.79 Å². The van der Waals surface area contributed by atoms with Crippen LogP contribution in [0.4, 0.5) is 0 Å². The minimum atomic E-state index is -3.50. The number of quaternary nitrogens is 1. The van der Waals surface area contributed by atoms with Crippen LogP contribution in [-0.2, 0) is 14.8 Å². The molecule has 1 amide bonds. The zero-order valence-corrected chi connectivity index (χ0v) is 19.1. The summed E-state index contributed by atoms with van der Waals surface area (Å²) in [5, 5.41) is 3.21. The van der Waals surface area contributed by atoms with Crippen molar-refractivity contribution in [1.82, 2.24) is 9.62 Å². The number of benzene rings is 1. The van der Waals surface area contributed by atoms with Gasteiger partial charge in [0.1, 0.15) is 0 Å². The first-order chi connectivity index (χ1) is 13.7. The zero-order valence-electron chi connectivity index (χ0n) is 18.3. The third-order valence-electron chi connectivity index (χ3n) is 6.50. The number of carbonyl (C=O) groups excluding carboxylic acids is 1. The number of nitrogens with one attached hydrogen (secondary N) is 2. The maximum atomic E-state index is 13.2. The molecular weight excluding hydrogens is 386 g/mol. The normalized spacial score (nSPS) is 24.4. The van der Waals surface area contributed by atoms with Gasteiger partial charge >= 0.3 is 0 Å². The van der Waals surface area contributed by atoms with Crippen molar-refractivity contribution in [3.05, 3.63) is 28.8 Å². The summed E-state index contributed by atoms with van der Waals surface area (Å²) in [5.74, 6) is 0.644. The highest BCUT2D eigenvalue weighted by Crippen LogP contribution is 2.25. The fourth-order valence-corrected chi connectivity index (χ4v) is 6.79. The number of hydrogen-bond acceptors (Lipinski definition) is 3. The molecule has 0 radical (unpaired) electrons. The quantitative estimate of drug-likeness (QED) is 0.749. The molecule has 1 aromatic rings. The summed E-state index contributed by atoms with van der Waals surface area (Å²) >= 11 is 0. The molecule has 29 heavy (non-hydrogen) atoms. The first-order valence-corrected chi connectivity index (χ1v) is 12.3. The zero-order chi connectivity index (χ0) is 21.2. The Morgan fingerprint density at radius 1 is 1.10 bits per heavy atom. The molecule has 2 aliphatic rings. The molecule has 6 nitrogen and oxygen atoms in total. The van der Waals surface area contributed by atoms with Crippen molar-refractivity contribution >= 4 is 15.9 Å². The summed E-state index contributed by atoms with van der Waals surface area (Å²) in [5.41, 5.74) is 2.68. The van der Waals surface area contributed by atoms with E-state index in [1.54, 1.807) is 4.31 Å². The molecule has 162 valence electrons. The Balaban J connectivity index is 1.57. The van der Waals surface area contributed by atoms with Crippen molar-refractivity contribution in [2.45, 2.75) is 64.3 Å². The molecule has 0 unspecified atom stereocenters. The average Bonchev–Trinajstić information content (AvgIpc) is 2.63. The van der Waals surface area contributed by atoms with Crippen LogP contribution in [0.2, 0.25) is 0 Å². The van der Waals surface area contributed by atoms with Gasteiger partial charge in [-0.15, -0.1) is 0 Å². The van der Waals surface area contributed by atoms with E-state index in [2.05, 4.69) is 12.2 Å². The van der Waals surface area contributed by atoms with E-state index in [0.29, 0.717) is 49.6 Å². The first kappa shape index (κ1) is 22.2. The average molecular weight is 423 g/mol. The molecule has 0 spiro atoms. The van der Waals surface area contributed by atoms with Crippen LogP contribution in [-0.4, -0.2) is 57.4 Å². The highest BCUT2D eigenvalue weighted by molar-refractivity contribution is 7.89. The molecule has 1 aromatic carbocycles. The van der Waals surface area contributed by atoms with Gasteiger partial charge in [0.05, 0.1) is 31.1 Å². The van der Waals surface area contributed by atoms with Gasteiger partial charge in [0, 0.05) is 6.04 Å². The van der Waals surface area contributed by atoms with Crippen molar-refractivity contribution in [3.63, 3.8) is 0 Å². The van der Waals surface area contributed by atoms with Crippen LogP contribution in [0.25, 0.3) is 0 Å². The van der Waals surface area contributed by atoms with E-state index in [0.717, 1.165) is 28.0 Å². The van der Waals surface area contributed by atoms with E-state index < -0.39 is 10.0 Å². The van der Waals surface area contributed by atoms with Crippen LogP contribution >= 0.6 is 0 Å². The number of amides is 1. The van der Waals surface area contributed by atoms with Crippen LogP contribution in [0.3, 0.4) is 0 Å². The molecule has 0 bridgehead atoms. The Labute approximate surface area is 175 Å². The standard InChI is InChI=1S/C22H35N3O3S/c1-16-13-18(3)22(19(4)14-16)29(27,28)25-11-9-24(10-12-25)15-21(26)23-20-8-6-5-7-17(20)2/h13-14,17,20H,5-12,15H2,1-4H3,(H,23,26)/p+1/t17-,20-/m1/s1. The molecule has 1 saturated carbocycles. The van der Waals surface area contributed by atoms with Gasteiger partial charge in [-0.1, -0.05) is 37.5 Å². The maximum absolute atomic E-state index is 13.2. The second-order valence-electron chi connectivity index (χ2n) is 8.99. The summed E-state index contributed by atoms with van der Waals surface area (Å²) in [4.78, 5) is 14.1. The third-order valence-corrected chi connectivity index (χ3v) is 8.71. The van der Waals surface area contributed by atoms with Gasteiger partial charge < -0.3 is 10.2 Å². The third kappa shape index (κ3) is 5.19. The van der Waals surface area contributed by atoms with Crippen LogP contribution in [0.15, 0.2) is 17.0 Å². The lowest BCUT2D eigenvalue weighted by Gasteiger charge is -2.33. The summed E-state index contributed by atoms with van der Waals surface area (Å²) in [6.07, 6.45) is 4.71. The summed E-state index contributed by atoms with van der Waals surface area (Å²) in [7, 11) is -3.50. The lowest BCUT2D eigenvalue weighted by Crippen LogP contribution is -3.15. The predicted octanol–water partition coefficient (Wildman–Crippen LogP) is 1.20. The first-order valence-electron chi connectivity index (χ1n) is 10.9.